The summed E-state index contributed by atoms with van der Waals surface area (Å²) in [6, 6.07) is 9.42. The van der Waals surface area contributed by atoms with Gasteiger partial charge in [-0.25, -0.2) is 13.1 Å². The number of carbonyl (C=O) groups is 1. The third-order valence-corrected chi connectivity index (χ3v) is 5.33. The van der Waals surface area contributed by atoms with Crippen LogP contribution in [-0.4, -0.2) is 42.7 Å². The Balaban J connectivity index is 2.16. The topological polar surface area (TPSA) is 103 Å². The largest absolute Gasteiger partial charge is 0.493 e. The second kappa shape index (κ2) is 8.74. The molecule has 0 bridgehead atoms. The third kappa shape index (κ3) is 4.50. The monoisotopic (exact) mass is 394 g/mol. The zero-order chi connectivity index (χ0) is 20.0. The first-order valence-electron chi connectivity index (χ1n) is 7.97. The molecule has 1 amide bonds. The van der Waals surface area contributed by atoms with Crippen LogP contribution >= 0.6 is 0 Å². The number of methoxy groups -OCH3 is 3. The molecule has 0 aromatic heterocycles. The summed E-state index contributed by atoms with van der Waals surface area (Å²) < 4.78 is 41.5. The van der Waals surface area contributed by atoms with E-state index < -0.39 is 10.0 Å². The lowest BCUT2D eigenvalue weighted by atomic mass is 10.1. The van der Waals surface area contributed by atoms with Crippen LogP contribution in [-0.2, 0) is 16.6 Å². The highest BCUT2D eigenvalue weighted by Gasteiger charge is 2.20. The number of hydrogen-bond acceptors (Lipinski definition) is 6. The van der Waals surface area contributed by atoms with E-state index >= 15 is 0 Å². The third-order valence-electron chi connectivity index (χ3n) is 3.90. The van der Waals surface area contributed by atoms with Crippen molar-refractivity contribution >= 4 is 15.9 Å². The summed E-state index contributed by atoms with van der Waals surface area (Å²) in [5.74, 6) is 0.686. The Kier molecular flexibility index (Phi) is 6.65. The molecule has 0 atom stereocenters. The van der Waals surface area contributed by atoms with Gasteiger partial charge in [0, 0.05) is 6.54 Å². The van der Waals surface area contributed by atoms with Crippen molar-refractivity contribution in [2.24, 2.45) is 0 Å². The van der Waals surface area contributed by atoms with Crippen LogP contribution in [0.25, 0.3) is 0 Å². The van der Waals surface area contributed by atoms with Crippen LogP contribution in [0, 0.1) is 0 Å². The fraction of sp³-hybridized carbons (Fsp3) is 0.278. The van der Waals surface area contributed by atoms with Gasteiger partial charge in [-0.15, -0.1) is 0 Å². The maximum absolute atomic E-state index is 12.5. The Bertz CT molecular complexity index is 910. The maximum Gasteiger partial charge on any atom is 0.255 e. The van der Waals surface area contributed by atoms with Crippen molar-refractivity contribution in [3.8, 4) is 17.2 Å². The molecule has 2 rings (SSSR count). The summed E-state index contributed by atoms with van der Waals surface area (Å²) in [6.45, 7) is 0.218. The molecule has 8 nitrogen and oxygen atoms in total. The second-order valence-electron chi connectivity index (χ2n) is 5.42. The Morgan fingerprint density at radius 2 is 1.56 bits per heavy atom. The first-order chi connectivity index (χ1) is 12.9. The van der Waals surface area contributed by atoms with Gasteiger partial charge < -0.3 is 19.5 Å². The zero-order valence-corrected chi connectivity index (χ0v) is 16.3. The van der Waals surface area contributed by atoms with E-state index in [-0.39, 0.29) is 23.1 Å². The number of hydrogen-bond donors (Lipinski definition) is 2. The lowest BCUT2D eigenvalue weighted by molar-refractivity contribution is 0.0947. The Hall–Kier alpha value is -2.78. The molecule has 0 fully saturated rings. The number of benzene rings is 2. The molecule has 2 aromatic carbocycles. The zero-order valence-electron chi connectivity index (χ0n) is 15.5. The molecular formula is C18H22N2O6S. The first kappa shape index (κ1) is 20.5. The van der Waals surface area contributed by atoms with Crippen LogP contribution in [0.5, 0.6) is 17.2 Å². The summed E-state index contributed by atoms with van der Waals surface area (Å²) in [5, 5.41) is 2.77. The van der Waals surface area contributed by atoms with Gasteiger partial charge in [0.05, 0.1) is 31.8 Å². The van der Waals surface area contributed by atoms with Gasteiger partial charge in [-0.2, -0.15) is 0 Å². The standard InChI is InChI=1S/C18H22N2O6S/c1-19-27(22,23)13-7-5-12(6-8-13)11-20-18(21)14-9-10-15(24-2)17(26-4)16(14)25-3/h5-10,19H,11H2,1-4H3,(H,20,21). The summed E-state index contributed by atoms with van der Waals surface area (Å²) in [5.41, 5.74) is 1.04. The highest BCUT2D eigenvalue weighted by Crippen LogP contribution is 2.39. The van der Waals surface area contributed by atoms with Gasteiger partial charge in [-0.3, -0.25) is 4.79 Å². The maximum atomic E-state index is 12.5. The van der Waals surface area contributed by atoms with E-state index in [0.29, 0.717) is 17.1 Å². The highest BCUT2D eigenvalue weighted by molar-refractivity contribution is 7.89. The van der Waals surface area contributed by atoms with Crippen molar-refractivity contribution in [3.05, 3.63) is 47.5 Å². The van der Waals surface area contributed by atoms with Crippen LogP contribution in [0.1, 0.15) is 15.9 Å². The molecule has 0 aliphatic heterocycles. The van der Waals surface area contributed by atoms with Crippen LogP contribution in [0.3, 0.4) is 0 Å². The fourth-order valence-corrected chi connectivity index (χ4v) is 3.19. The molecule has 0 unspecified atom stereocenters. The summed E-state index contributed by atoms with van der Waals surface area (Å²) in [7, 11) is 2.25. The SMILES string of the molecule is CNS(=O)(=O)c1ccc(CNC(=O)c2ccc(OC)c(OC)c2OC)cc1. The van der Waals surface area contributed by atoms with E-state index in [1.54, 1.807) is 24.3 Å². The van der Waals surface area contributed by atoms with Crippen LogP contribution < -0.4 is 24.2 Å². The minimum atomic E-state index is -3.49. The average molecular weight is 394 g/mol. The summed E-state index contributed by atoms with van der Waals surface area (Å²) >= 11 is 0. The first-order valence-corrected chi connectivity index (χ1v) is 9.46. The van der Waals surface area contributed by atoms with Crippen molar-refractivity contribution in [1.29, 1.82) is 0 Å². The molecule has 0 aliphatic rings. The number of ether oxygens (including phenoxy) is 3. The van der Waals surface area contributed by atoms with Gasteiger partial charge in [0.2, 0.25) is 15.8 Å². The predicted molar refractivity (Wildman–Crippen MR) is 100.0 cm³/mol. The number of carbonyl (C=O) groups excluding carboxylic acids is 1. The van der Waals surface area contributed by atoms with Crippen molar-refractivity contribution < 1.29 is 27.4 Å². The highest BCUT2D eigenvalue weighted by atomic mass is 32.2. The average Bonchev–Trinajstić information content (AvgIpc) is 2.70. The van der Waals surface area contributed by atoms with E-state index in [9.17, 15) is 13.2 Å². The Morgan fingerprint density at radius 1 is 0.926 bits per heavy atom. The molecule has 2 aromatic rings. The van der Waals surface area contributed by atoms with E-state index in [4.69, 9.17) is 14.2 Å². The van der Waals surface area contributed by atoms with E-state index in [0.717, 1.165) is 5.56 Å². The van der Waals surface area contributed by atoms with Gasteiger partial charge >= 0.3 is 0 Å². The van der Waals surface area contributed by atoms with Gasteiger partial charge in [0.15, 0.2) is 11.5 Å². The fourth-order valence-electron chi connectivity index (χ4n) is 2.46. The Morgan fingerprint density at radius 3 is 2.07 bits per heavy atom. The van der Waals surface area contributed by atoms with Crippen molar-refractivity contribution in [2.75, 3.05) is 28.4 Å². The van der Waals surface area contributed by atoms with Crippen molar-refractivity contribution in [3.63, 3.8) is 0 Å². The van der Waals surface area contributed by atoms with Gasteiger partial charge in [0.1, 0.15) is 0 Å². The molecular weight excluding hydrogens is 372 g/mol. The lowest BCUT2D eigenvalue weighted by Crippen LogP contribution is -2.23. The summed E-state index contributed by atoms with van der Waals surface area (Å²) in [4.78, 5) is 12.7. The van der Waals surface area contributed by atoms with E-state index in [2.05, 4.69) is 10.0 Å². The molecule has 0 spiro atoms. The lowest BCUT2D eigenvalue weighted by Gasteiger charge is -2.15. The number of amides is 1. The number of sulfonamides is 1. The molecule has 146 valence electrons. The molecule has 0 radical (unpaired) electrons. The van der Waals surface area contributed by atoms with Crippen molar-refractivity contribution in [2.45, 2.75) is 11.4 Å². The van der Waals surface area contributed by atoms with Gasteiger partial charge in [0.25, 0.3) is 5.91 Å². The molecule has 2 N–H and O–H groups in total. The Labute approximate surface area is 158 Å². The molecule has 0 heterocycles. The minimum Gasteiger partial charge on any atom is -0.493 e. The van der Waals surface area contributed by atoms with Crippen LogP contribution in [0.2, 0.25) is 0 Å². The quantitative estimate of drug-likeness (QED) is 0.704. The van der Waals surface area contributed by atoms with E-state index in [1.165, 1.54) is 40.5 Å². The molecule has 0 saturated heterocycles. The normalized spacial score (nSPS) is 11.0. The predicted octanol–water partition coefficient (Wildman–Crippen LogP) is 1.55. The molecule has 27 heavy (non-hydrogen) atoms. The molecule has 0 aliphatic carbocycles. The van der Waals surface area contributed by atoms with Crippen molar-refractivity contribution in [1.82, 2.24) is 10.0 Å². The van der Waals surface area contributed by atoms with Gasteiger partial charge in [-0.05, 0) is 36.9 Å². The van der Waals surface area contributed by atoms with Crippen LogP contribution in [0.15, 0.2) is 41.3 Å². The number of rotatable bonds is 8. The second-order valence-corrected chi connectivity index (χ2v) is 7.30. The van der Waals surface area contributed by atoms with E-state index in [1.807, 2.05) is 0 Å². The van der Waals surface area contributed by atoms with Gasteiger partial charge in [-0.1, -0.05) is 12.1 Å². The number of nitrogens with one attached hydrogen (secondary N) is 2. The molecule has 0 saturated carbocycles. The van der Waals surface area contributed by atoms with Crippen LogP contribution in [0.4, 0.5) is 0 Å². The summed E-state index contributed by atoms with van der Waals surface area (Å²) in [6.07, 6.45) is 0. The smallest absolute Gasteiger partial charge is 0.255 e. The molecule has 9 heteroatoms. The minimum absolute atomic E-state index is 0.154.